The minimum Gasteiger partial charge on any atom is -0.493 e. The van der Waals surface area contributed by atoms with Crippen molar-refractivity contribution < 1.29 is 4.74 Å². The summed E-state index contributed by atoms with van der Waals surface area (Å²) in [7, 11) is 1.59. The Morgan fingerprint density at radius 2 is 2.38 bits per heavy atom. The van der Waals surface area contributed by atoms with Gasteiger partial charge in [-0.3, -0.25) is 0 Å². The van der Waals surface area contributed by atoms with Crippen molar-refractivity contribution in [1.29, 1.82) is 0 Å². The Morgan fingerprint density at radius 3 is 3.08 bits per heavy atom. The topological polar surface area (TPSA) is 52.8 Å². The van der Waals surface area contributed by atoms with E-state index in [1.54, 1.807) is 30.4 Å². The highest BCUT2D eigenvalue weighted by Crippen LogP contribution is 2.17. The predicted octanol–water partition coefficient (Wildman–Crippen LogP) is 0.671. The molecule has 5 nitrogen and oxygen atoms in total. The highest BCUT2D eigenvalue weighted by Gasteiger charge is 2.04. The number of aromatic nitrogens is 4. The average molecular weight is 176 g/mol. The fourth-order valence-corrected chi connectivity index (χ4v) is 1.03. The summed E-state index contributed by atoms with van der Waals surface area (Å²) < 4.78 is 6.67. The normalized spacial score (nSPS) is 9.92. The molecule has 0 unspecified atom stereocenters. The molecule has 2 aromatic rings. The van der Waals surface area contributed by atoms with Crippen molar-refractivity contribution >= 4 is 0 Å². The van der Waals surface area contributed by atoms with Gasteiger partial charge in [0.15, 0.2) is 11.6 Å². The van der Waals surface area contributed by atoms with E-state index in [0.29, 0.717) is 11.6 Å². The molecule has 0 spiro atoms. The van der Waals surface area contributed by atoms with Gasteiger partial charge in [0.1, 0.15) is 12.7 Å². The smallest absolute Gasteiger partial charge is 0.197 e. The Labute approximate surface area is 75.0 Å². The quantitative estimate of drug-likeness (QED) is 0.674. The Morgan fingerprint density at radius 1 is 1.46 bits per heavy atom. The van der Waals surface area contributed by atoms with Crippen LogP contribution < -0.4 is 4.74 Å². The molecule has 0 radical (unpaired) electrons. The summed E-state index contributed by atoms with van der Waals surface area (Å²) in [5, 5.41) is 3.96. The molecule has 0 aliphatic carbocycles. The van der Waals surface area contributed by atoms with Crippen molar-refractivity contribution in [1.82, 2.24) is 19.7 Å². The Kier molecular flexibility index (Phi) is 1.91. The maximum Gasteiger partial charge on any atom is 0.197 e. The van der Waals surface area contributed by atoms with Crippen LogP contribution in [0.25, 0.3) is 5.82 Å². The van der Waals surface area contributed by atoms with Crippen molar-refractivity contribution in [2.45, 2.75) is 0 Å². The fourth-order valence-electron chi connectivity index (χ4n) is 1.03. The Balaban J connectivity index is 2.51. The second kappa shape index (κ2) is 3.22. The summed E-state index contributed by atoms with van der Waals surface area (Å²) in [4.78, 5) is 7.96. The van der Waals surface area contributed by atoms with Crippen LogP contribution in [0.3, 0.4) is 0 Å². The summed E-state index contributed by atoms with van der Waals surface area (Å²) in [6, 6.07) is 3.63. The van der Waals surface area contributed by atoms with E-state index in [2.05, 4.69) is 15.1 Å². The molecule has 2 heterocycles. The average Bonchev–Trinajstić information content (AvgIpc) is 2.70. The van der Waals surface area contributed by atoms with Gasteiger partial charge in [0.2, 0.25) is 0 Å². The van der Waals surface area contributed by atoms with E-state index in [-0.39, 0.29) is 0 Å². The lowest BCUT2D eigenvalue weighted by Crippen LogP contribution is -2.00. The van der Waals surface area contributed by atoms with Crippen LogP contribution in [0.15, 0.2) is 31.0 Å². The molecule has 2 rings (SSSR count). The van der Waals surface area contributed by atoms with Gasteiger partial charge in [0.05, 0.1) is 7.11 Å². The summed E-state index contributed by atoms with van der Waals surface area (Å²) in [6.07, 6.45) is 4.71. The van der Waals surface area contributed by atoms with Crippen LogP contribution in [0.2, 0.25) is 0 Å². The molecule has 0 saturated carbocycles. The largest absolute Gasteiger partial charge is 0.493 e. The molecule has 0 saturated heterocycles. The van der Waals surface area contributed by atoms with E-state index < -0.39 is 0 Å². The van der Waals surface area contributed by atoms with Crippen LogP contribution >= 0.6 is 0 Å². The first-order valence-corrected chi connectivity index (χ1v) is 3.76. The molecule has 0 N–H and O–H groups in total. The van der Waals surface area contributed by atoms with E-state index in [9.17, 15) is 0 Å². The number of hydrogen-bond donors (Lipinski definition) is 0. The minimum atomic E-state index is 0.641. The van der Waals surface area contributed by atoms with Crippen LogP contribution in [0.5, 0.6) is 5.75 Å². The van der Waals surface area contributed by atoms with Crippen LogP contribution in [0, 0.1) is 0 Å². The van der Waals surface area contributed by atoms with Gasteiger partial charge in [-0.15, -0.1) is 0 Å². The Hall–Kier alpha value is -1.91. The molecule has 2 aromatic heterocycles. The maximum absolute atomic E-state index is 5.12. The van der Waals surface area contributed by atoms with Crippen molar-refractivity contribution in [2.75, 3.05) is 7.11 Å². The maximum atomic E-state index is 5.12. The molecular formula is C8H8N4O. The van der Waals surface area contributed by atoms with Gasteiger partial charge in [-0.05, 0) is 12.1 Å². The summed E-state index contributed by atoms with van der Waals surface area (Å²) >= 11 is 0. The highest BCUT2D eigenvalue weighted by atomic mass is 16.5. The molecule has 0 fully saturated rings. The number of pyridine rings is 1. The van der Waals surface area contributed by atoms with E-state index in [0.717, 1.165) is 0 Å². The zero-order valence-electron chi connectivity index (χ0n) is 7.08. The van der Waals surface area contributed by atoms with Gasteiger partial charge >= 0.3 is 0 Å². The third-order valence-corrected chi connectivity index (χ3v) is 1.61. The number of hydrogen-bond acceptors (Lipinski definition) is 4. The van der Waals surface area contributed by atoms with E-state index in [1.165, 1.54) is 6.33 Å². The summed E-state index contributed by atoms with van der Waals surface area (Å²) in [5.74, 6) is 1.32. The predicted molar refractivity (Wildman–Crippen MR) is 45.7 cm³/mol. The molecule has 5 heteroatoms. The van der Waals surface area contributed by atoms with Crippen LogP contribution in [0.1, 0.15) is 0 Å². The first-order chi connectivity index (χ1) is 6.42. The third kappa shape index (κ3) is 1.35. The molecular weight excluding hydrogens is 168 g/mol. The highest BCUT2D eigenvalue weighted by molar-refractivity contribution is 5.38. The van der Waals surface area contributed by atoms with Crippen molar-refractivity contribution in [3.8, 4) is 11.6 Å². The van der Waals surface area contributed by atoms with Gasteiger partial charge in [0, 0.05) is 6.20 Å². The third-order valence-electron chi connectivity index (χ3n) is 1.61. The molecule has 0 aliphatic rings. The lowest BCUT2D eigenvalue weighted by molar-refractivity contribution is 0.409. The fraction of sp³-hybridized carbons (Fsp3) is 0.125. The molecule has 0 amide bonds. The number of rotatable bonds is 2. The van der Waals surface area contributed by atoms with E-state index in [1.807, 2.05) is 6.07 Å². The van der Waals surface area contributed by atoms with E-state index >= 15 is 0 Å². The van der Waals surface area contributed by atoms with Gasteiger partial charge in [0.25, 0.3) is 0 Å². The lowest BCUT2D eigenvalue weighted by Gasteiger charge is -2.04. The second-order valence-electron chi connectivity index (χ2n) is 2.37. The minimum absolute atomic E-state index is 0.641. The van der Waals surface area contributed by atoms with Crippen molar-refractivity contribution in [3.63, 3.8) is 0 Å². The lowest BCUT2D eigenvalue weighted by atomic mass is 10.4. The summed E-state index contributed by atoms with van der Waals surface area (Å²) in [6.45, 7) is 0. The molecule has 0 atom stereocenters. The zero-order valence-corrected chi connectivity index (χ0v) is 7.08. The first-order valence-electron chi connectivity index (χ1n) is 3.76. The zero-order chi connectivity index (χ0) is 9.10. The molecule has 0 bridgehead atoms. The molecule has 13 heavy (non-hydrogen) atoms. The van der Waals surface area contributed by atoms with Gasteiger partial charge in [-0.2, -0.15) is 9.78 Å². The molecule has 66 valence electrons. The van der Waals surface area contributed by atoms with Crippen molar-refractivity contribution in [3.05, 3.63) is 31.0 Å². The number of ether oxygens (including phenoxy) is 1. The van der Waals surface area contributed by atoms with Crippen molar-refractivity contribution in [2.24, 2.45) is 0 Å². The monoisotopic (exact) mass is 176 g/mol. The molecule has 0 aromatic carbocycles. The van der Waals surface area contributed by atoms with Gasteiger partial charge in [-0.1, -0.05) is 0 Å². The summed E-state index contributed by atoms with van der Waals surface area (Å²) in [5.41, 5.74) is 0. The number of methoxy groups -OCH3 is 1. The second-order valence-corrected chi connectivity index (χ2v) is 2.37. The number of nitrogens with zero attached hydrogens (tertiary/aromatic N) is 4. The van der Waals surface area contributed by atoms with Crippen LogP contribution in [0.4, 0.5) is 0 Å². The van der Waals surface area contributed by atoms with Crippen LogP contribution in [-0.4, -0.2) is 26.9 Å². The van der Waals surface area contributed by atoms with E-state index in [4.69, 9.17) is 4.74 Å². The first kappa shape index (κ1) is 7.72. The SMILES string of the molecule is COc1cccnc1-n1cncn1. The molecule has 0 aliphatic heterocycles. The Bertz CT molecular complexity index is 385. The standard InChI is InChI=1S/C8H8N4O/c1-13-7-3-2-4-10-8(7)12-6-9-5-11-12/h2-6H,1H3. The van der Waals surface area contributed by atoms with Crippen LogP contribution in [-0.2, 0) is 0 Å². The van der Waals surface area contributed by atoms with Gasteiger partial charge < -0.3 is 4.74 Å². The van der Waals surface area contributed by atoms with Gasteiger partial charge in [-0.25, -0.2) is 9.97 Å².